The van der Waals surface area contributed by atoms with Crippen molar-refractivity contribution < 1.29 is 58.8 Å². The molecule has 2 heterocycles. The van der Waals surface area contributed by atoms with Crippen molar-refractivity contribution in [2.45, 2.75) is 56.8 Å². The molecule has 1 aromatic carbocycles. The Balaban J connectivity index is 1.71. The minimum atomic E-state index is -1.67. The Morgan fingerprint density at radius 2 is 1.78 bits per heavy atom. The van der Waals surface area contributed by atoms with Crippen LogP contribution in [0.4, 0.5) is 0 Å². The van der Waals surface area contributed by atoms with Gasteiger partial charge in [0.1, 0.15) is 30.2 Å². The number of esters is 2. The van der Waals surface area contributed by atoms with Gasteiger partial charge in [-0.1, -0.05) is 18.2 Å². The molecular weight excluding hydrogens is 492 g/mol. The van der Waals surface area contributed by atoms with Gasteiger partial charge in [-0.25, -0.2) is 4.79 Å². The summed E-state index contributed by atoms with van der Waals surface area (Å²) in [5.41, 5.74) is 1.23. The Labute approximate surface area is 213 Å². The standard InChI is InChI=1S/C25H32O12/c1-3-15-16(10-19(28)34-9-8-13-4-6-14(27)7-5-13)17(23(32)33-2)12-35-24(15)37-25-22(31)21(30)20(29)18(11-26)36-25/h3-7,12,16,18,20-22,24-27,29-31H,8-11H2,1-2H3/b15-3-/t16-,18?,20+,21-,22?,24-,25-/m0/s1. The zero-order chi connectivity index (χ0) is 27.1. The van der Waals surface area contributed by atoms with Crippen LogP contribution in [0.3, 0.4) is 0 Å². The largest absolute Gasteiger partial charge is 0.508 e. The van der Waals surface area contributed by atoms with E-state index in [4.69, 9.17) is 23.7 Å². The van der Waals surface area contributed by atoms with Gasteiger partial charge in [-0.2, -0.15) is 0 Å². The maximum Gasteiger partial charge on any atom is 0.337 e. The van der Waals surface area contributed by atoms with Crippen LogP contribution in [0.25, 0.3) is 0 Å². The summed E-state index contributed by atoms with van der Waals surface area (Å²) in [5.74, 6) is -2.07. The molecule has 0 radical (unpaired) electrons. The minimum absolute atomic E-state index is 0.0414. The summed E-state index contributed by atoms with van der Waals surface area (Å²) in [6.07, 6.45) is -6.02. The second-order valence-corrected chi connectivity index (χ2v) is 8.55. The number of allylic oxidation sites excluding steroid dienone is 1. The molecule has 0 bridgehead atoms. The zero-order valence-electron chi connectivity index (χ0n) is 20.4. The monoisotopic (exact) mass is 524 g/mol. The third kappa shape index (κ3) is 6.86. The number of phenols is 1. The van der Waals surface area contributed by atoms with Crippen molar-refractivity contribution in [1.29, 1.82) is 0 Å². The number of phenolic OH excluding ortho intramolecular Hbond substituents is 1. The van der Waals surface area contributed by atoms with Gasteiger partial charge in [0.25, 0.3) is 0 Å². The minimum Gasteiger partial charge on any atom is -0.508 e. The highest BCUT2D eigenvalue weighted by Gasteiger charge is 2.46. The summed E-state index contributed by atoms with van der Waals surface area (Å²) >= 11 is 0. The second-order valence-electron chi connectivity index (χ2n) is 8.55. The Morgan fingerprint density at radius 1 is 1.08 bits per heavy atom. The Kier molecular flexibility index (Phi) is 10.0. The lowest BCUT2D eigenvalue weighted by molar-refractivity contribution is -0.327. The van der Waals surface area contributed by atoms with E-state index in [1.54, 1.807) is 25.1 Å². The summed E-state index contributed by atoms with van der Waals surface area (Å²) in [6.45, 7) is 1.06. The molecule has 37 heavy (non-hydrogen) atoms. The molecule has 7 atom stereocenters. The van der Waals surface area contributed by atoms with Gasteiger partial charge >= 0.3 is 11.9 Å². The highest BCUT2D eigenvalue weighted by atomic mass is 16.8. The van der Waals surface area contributed by atoms with Crippen LogP contribution in [0.15, 0.2) is 47.7 Å². The molecule has 12 nitrogen and oxygen atoms in total. The fourth-order valence-electron chi connectivity index (χ4n) is 4.10. The molecule has 2 aliphatic heterocycles. The zero-order valence-corrected chi connectivity index (χ0v) is 20.4. The van der Waals surface area contributed by atoms with Crippen LogP contribution in [0.2, 0.25) is 0 Å². The number of hydrogen-bond donors (Lipinski definition) is 5. The number of benzene rings is 1. The maximum atomic E-state index is 12.7. The SMILES string of the molecule is C/C=C1\[C@H](O[C@@H]2OC(CO)[C@@H](O)[C@H](O)C2O)OC=C(C(=O)OC)[C@H]1CC(=O)OCCc1ccc(O)cc1. The first-order chi connectivity index (χ1) is 17.7. The van der Waals surface area contributed by atoms with Gasteiger partial charge in [0.15, 0.2) is 6.29 Å². The highest BCUT2D eigenvalue weighted by Crippen LogP contribution is 2.36. The number of carbonyl (C=O) groups excluding carboxylic acids is 2. The van der Waals surface area contributed by atoms with Crippen molar-refractivity contribution in [3.8, 4) is 5.75 Å². The normalized spacial score (nSPS) is 30.8. The molecular formula is C25H32O12. The predicted molar refractivity (Wildman–Crippen MR) is 124 cm³/mol. The molecule has 3 rings (SSSR count). The summed E-state index contributed by atoms with van der Waals surface area (Å²) in [7, 11) is 1.18. The van der Waals surface area contributed by atoms with Crippen molar-refractivity contribution in [2.75, 3.05) is 20.3 Å². The topological polar surface area (TPSA) is 181 Å². The lowest BCUT2D eigenvalue weighted by Gasteiger charge is -2.41. The number of methoxy groups -OCH3 is 1. The van der Waals surface area contributed by atoms with E-state index in [0.717, 1.165) is 11.8 Å². The smallest absolute Gasteiger partial charge is 0.337 e. The molecule has 0 spiro atoms. The number of hydrogen-bond acceptors (Lipinski definition) is 12. The van der Waals surface area contributed by atoms with Crippen molar-refractivity contribution >= 4 is 11.9 Å². The van der Waals surface area contributed by atoms with Gasteiger partial charge in [0.05, 0.1) is 38.6 Å². The number of carbonyl (C=O) groups is 2. The molecule has 1 aromatic rings. The molecule has 2 aliphatic rings. The Bertz CT molecular complexity index is 986. The fourth-order valence-corrected chi connectivity index (χ4v) is 4.10. The maximum absolute atomic E-state index is 12.7. The van der Waals surface area contributed by atoms with Crippen LogP contribution in [0.5, 0.6) is 5.75 Å². The molecule has 204 valence electrons. The van der Waals surface area contributed by atoms with E-state index in [1.807, 2.05) is 0 Å². The Hall–Kier alpha value is -3.00. The summed E-state index contributed by atoms with van der Waals surface area (Å²) in [6, 6.07) is 6.47. The van der Waals surface area contributed by atoms with Crippen LogP contribution in [-0.2, 0) is 39.7 Å². The fraction of sp³-hybridized carbons (Fsp3) is 0.520. The average molecular weight is 525 g/mol. The predicted octanol–water partition coefficient (Wildman–Crippen LogP) is -0.340. The number of aliphatic hydroxyl groups is 4. The quantitative estimate of drug-likeness (QED) is 0.210. The van der Waals surface area contributed by atoms with E-state index < -0.39 is 61.5 Å². The van der Waals surface area contributed by atoms with E-state index in [9.17, 15) is 35.1 Å². The first-order valence-corrected chi connectivity index (χ1v) is 11.7. The number of aliphatic hydroxyl groups excluding tert-OH is 4. The summed E-state index contributed by atoms with van der Waals surface area (Å²) < 4.78 is 26.8. The van der Waals surface area contributed by atoms with Crippen LogP contribution < -0.4 is 0 Å². The van der Waals surface area contributed by atoms with Gasteiger partial charge in [-0.05, 0) is 24.6 Å². The lowest BCUT2D eigenvalue weighted by atomic mass is 9.86. The molecule has 0 aliphatic carbocycles. The molecule has 5 N–H and O–H groups in total. The van der Waals surface area contributed by atoms with Gasteiger partial charge in [-0.15, -0.1) is 0 Å². The molecule has 1 fully saturated rings. The van der Waals surface area contributed by atoms with Crippen molar-refractivity contribution in [1.82, 2.24) is 0 Å². The third-order valence-electron chi connectivity index (χ3n) is 6.19. The molecule has 2 unspecified atom stereocenters. The van der Waals surface area contributed by atoms with Crippen LogP contribution in [0.1, 0.15) is 18.9 Å². The van der Waals surface area contributed by atoms with Crippen LogP contribution in [0, 0.1) is 5.92 Å². The first-order valence-electron chi connectivity index (χ1n) is 11.7. The van der Waals surface area contributed by atoms with Crippen molar-refractivity contribution in [3.63, 3.8) is 0 Å². The molecule has 0 saturated carbocycles. The first kappa shape index (κ1) is 28.6. The highest BCUT2D eigenvalue weighted by molar-refractivity contribution is 5.90. The van der Waals surface area contributed by atoms with Crippen molar-refractivity contribution in [2.24, 2.45) is 5.92 Å². The lowest BCUT2D eigenvalue weighted by Crippen LogP contribution is -2.60. The summed E-state index contributed by atoms with van der Waals surface area (Å²) in [5, 5.41) is 49.1. The molecule has 0 amide bonds. The number of rotatable bonds is 9. The van der Waals surface area contributed by atoms with Crippen LogP contribution >= 0.6 is 0 Å². The van der Waals surface area contributed by atoms with Crippen molar-refractivity contribution in [3.05, 3.63) is 53.3 Å². The van der Waals surface area contributed by atoms with E-state index in [-0.39, 0.29) is 24.4 Å². The van der Waals surface area contributed by atoms with Gasteiger partial charge in [0.2, 0.25) is 6.29 Å². The van der Waals surface area contributed by atoms with Crippen LogP contribution in [-0.4, -0.2) is 94.8 Å². The van der Waals surface area contributed by atoms with E-state index in [0.29, 0.717) is 12.0 Å². The van der Waals surface area contributed by atoms with Gasteiger partial charge in [-0.3, -0.25) is 4.79 Å². The number of ether oxygens (including phenoxy) is 5. The molecule has 12 heteroatoms. The van der Waals surface area contributed by atoms with E-state index in [2.05, 4.69) is 0 Å². The molecule has 1 saturated heterocycles. The van der Waals surface area contributed by atoms with Gasteiger partial charge in [0, 0.05) is 17.9 Å². The number of aromatic hydroxyl groups is 1. The Morgan fingerprint density at radius 3 is 2.41 bits per heavy atom. The van der Waals surface area contributed by atoms with E-state index in [1.165, 1.54) is 19.2 Å². The summed E-state index contributed by atoms with van der Waals surface area (Å²) in [4.78, 5) is 25.1. The average Bonchev–Trinajstić information content (AvgIpc) is 2.89. The van der Waals surface area contributed by atoms with E-state index >= 15 is 0 Å². The molecule has 0 aromatic heterocycles. The second kappa shape index (κ2) is 13.0. The van der Waals surface area contributed by atoms with Gasteiger partial charge < -0.3 is 49.2 Å². The third-order valence-corrected chi connectivity index (χ3v) is 6.19.